The van der Waals surface area contributed by atoms with Crippen LogP contribution in [0.2, 0.25) is 0 Å². The summed E-state index contributed by atoms with van der Waals surface area (Å²) in [7, 11) is 0. The maximum Gasteiger partial charge on any atom is 0.323 e. The molecule has 0 aliphatic rings. The normalized spacial score (nSPS) is 11.2. The smallest absolute Gasteiger partial charge is 0.323 e. The van der Waals surface area contributed by atoms with Gasteiger partial charge in [0.15, 0.2) is 0 Å². The van der Waals surface area contributed by atoms with E-state index in [-0.39, 0.29) is 24.2 Å². The quantitative estimate of drug-likeness (QED) is 0.0609. The SMILES string of the molecule is N#CC(=Cc1cn(CC(=O)O)c2ccccc12)C(=O)Nc1ccc(I)cc1.N#CC(=Cc1cn(CC(=O)O)c2ccccc12)C(=O)Nc1cccc(I)c1. The highest BCUT2D eigenvalue weighted by atomic mass is 127. The first-order valence-electron chi connectivity index (χ1n) is 15.9. The summed E-state index contributed by atoms with van der Waals surface area (Å²) in [6.45, 7) is -0.407. The summed E-state index contributed by atoms with van der Waals surface area (Å²) in [6, 6.07) is 32.8. The number of carboxylic acid groups (broad SMARTS) is 2. The van der Waals surface area contributed by atoms with Crippen molar-refractivity contribution in [3.05, 3.63) is 139 Å². The number of nitriles is 2. The molecule has 2 aromatic heterocycles. The molecule has 12 nitrogen and oxygen atoms in total. The Labute approximate surface area is 335 Å². The number of benzene rings is 4. The van der Waals surface area contributed by atoms with Crippen molar-refractivity contribution in [1.29, 1.82) is 10.5 Å². The minimum Gasteiger partial charge on any atom is -0.480 e. The van der Waals surface area contributed by atoms with Crippen molar-refractivity contribution in [2.45, 2.75) is 13.1 Å². The van der Waals surface area contributed by atoms with E-state index in [0.29, 0.717) is 22.5 Å². The van der Waals surface area contributed by atoms with Crippen LogP contribution >= 0.6 is 45.2 Å². The van der Waals surface area contributed by atoms with Crippen molar-refractivity contribution >= 4 is 114 Å². The van der Waals surface area contributed by atoms with Gasteiger partial charge in [0.25, 0.3) is 11.8 Å². The Morgan fingerprint density at radius 1 is 0.611 bits per heavy atom. The number of nitrogens with zero attached hydrogens (tertiary/aromatic N) is 4. The third-order valence-electron chi connectivity index (χ3n) is 7.76. The standard InChI is InChI=1S/2C20H14IN3O3/c21-15-4-3-5-16(9-15)23-20(27)13(10-22)8-14-11-24(12-19(25)26)18-7-2-1-6-17(14)18;21-15-5-7-16(8-6-15)23-20(27)13(10-22)9-14-11-24(12-19(25)26)18-4-2-1-3-17(14)18/h2*1-9,11H,12H2,(H,23,27)(H,25,26). The molecule has 2 heterocycles. The number of hydrogen-bond acceptors (Lipinski definition) is 6. The van der Waals surface area contributed by atoms with Crippen LogP contribution < -0.4 is 10.6 Å². The molecular weight excluding hydrogens is 914 g/mol. The fourth-order valence-electron chi connectivity index (χ4n) is 5.44. The Balaban J connectivity index is 0.000000208. The second kappa shape index (κ2) is 18.0. The van der Waals surface area contributed by atoms with E-state index < -0.39 is 23.8 Å². The first-order valence-corrected chi connectivity index (χ1v) is 18.1. The number of carboxylic acids is 2. The number of aromatic nitrogens is 2. The lowest BCUT2D eigenvalue weighted by Gasteiger charge is -2.04. The summed E-state index contributed by atoms with van der Waals surface area (Å²) in [5.74, 6) is -2.98. The topological polar surface area (TPSA) is 190 Å². The van der Waals surface area contributed by atoms with Crippen molar-refractivity contribution in [2.24, 2.45) is 0 Å². The van der Waals surface area contributed by atoms with Crippen molar-refractivity contribution in [1.82, 2.24) is 9.13 Å². The molecular formula is C40H28I2N6O6. The van der Waals surface area contributed by atoms with Crippen LogP contribution in [-0.4, -0.2) is 43.1 Å². The minimum absolute atomic E-state index is 0.0629. The average Bonchev–Trinajstić information content (AvgIpc) is 3.66. The number of halogens is 2. The molecule has 0 saturated heterocycles. The first kappa shape index (κ1) is 39.0. The molecule has 6 aromatic rings. The van der Waals surface area contributed by atoms with Crippen molar-refractivity contribution in [2.75, 3.05) is 10.6 Å². The molecule has 0 aliphatic carbocycles. The molecule has 0 spiro atoms. The number of nitrogens with one attached hydrogen (secondary N) is 2. The maximum absolute atomic E-state index is 12.5. The Morgan fingerprint density at radius 2 is 1.07 bits per heavy atom. The molecule has 4 aromatic carbocycles. The van der Waals surface area contributed by atoms with Gasteiger partial charge in [-0.3, -0.25) is 19.2 Å². The summed E-state index contributed by atoms with van der Waals surface area (Å²) in [4.78, 5) is 47.1. The van der Waals surface area contributed by atoms with Crippen molar-refractivity contribution < 1.29 is 29.4 Å². The fraction of sp³-hybridized carbons (Fsp3) is 0.0500. The zero-order valence-electron chi connectivity index (χ0n) is 28.0. The van der Waals surface area contributed by atoms with E-state index in [0.717, 1.165) is 28.9 Å². The number of fused-ring (bicyclic) bond motifs is 2. The molecule has 0 unspecified atom stereocenters. The number of aliphatic carboxylic acids is 2. The largest absolute Gasteiger partial charge is 0.480 e. The van der Waals surface area contributed by atoms with Gasteiger partial charge in [-0.15, -0.1) is 0 Å². The van der Waals surface area contributed by atoms with Gasteiger partial charge in [-0.2, -0.15) is 10.5 Å². The number of anilines is 2. The molecule has 54 heavy (non-hydrogen) atoms. The van der Waals surface area contributed by atoms with E-state index in [2.05, 4.69) is 55.8 Å². The van der Waals surface area contributed by atoms with E-state index in [4.69, 9.17) is 10.2 Å². The van der Waals surface area contributed by atoms with E-state index in [1.807, 2.05) is 72.8 Å². The minimum atomic E-state index is -0.969. The number of amides is 2. The van der Waals surface area contributed by atoms with Gasteiger partial charge in [0, 0.05) is 63.8 Å². The fourth-order valence-corrected chi connectivity index (χ4v) is 6.34. The van der Waals surface area contributed by atoms with Crippen LogP contribution in [0.5, 0.6) is 0 Å². The molecule has 0 fully saturated rings. The van der Waals surface area contributed by atoms with Gasteiger partial charge in [0.05, 0.1) is 0 Å². The summed E-state index contributed by atoms with van der Waals surface area (Å²) in [6.07, 6.45) is 6.22. The molecule has 0 aliphatic heterocycles. The Morgan fingerprint density at radius 3 is 1.52 bits per heavy atom. The van der Waals surface area contributed by atoms with Gasteiger partial charge in [-0.05, 0) is 112 Å². The van der Waals surface area contributed by atoms with Crippen LogP contribution in [0.15, 0.2) is 121 Å². The highest BCUT2D eigenvalue weighted by Gasteiger charge is 2.15. The zero-order valence-corrected chi connectivity index (χ0v) is 32.3. The summed E-state index contributed by atoms with van der Waals surface area (Å²) < 4.78 is 5.16. The van der Waals surface area contributed by atoms with Crippen LogP contribution in [0.4, 0.5) is 11.4 Å². The van der Waals surface area contributed by atoms with Crippen LogP contribution in [0.25, 0.3) is 34.0 Å². The van der Waals surface area contributed by atoms with Crippen LogP contribution in [-0.2, 0) is 32.3 Å². The van der Waals surface area contributed by atoms with Crippen LogP contribution in [0.3, 0.4) is 0 Å². The van der Waals surface area contributed by atoms with Crippen LogP contribution in [0.1, 0.15) is 11.1 Å². The summed E-state index contributed by atoms with van der Waals surface area (Å²) in [5.41, 5.74) is 3.74. The Bertz CT molecular complexity index is 2560. The molecule has 6 rings (SSSR count). The summed E-state index contributed by atoms with van der Waals surface area (Å²) in [5, 5.41) is 44.0. The number of carbonyl (C=O) groups excluding carboxylic acids is 2. The number of carbonyl (C=O) groups is 4. The monoisotopic (exact) mass is 942 g/mol. The maximum atomic E-state index is 12.5. The third-order valence-corrected chi connectivity index (χ3v) is 9.15. The summed E-state index contributed by atoms with van der Waals surface area (Å²) >= 11 is 4.30. The van der Waals surface area contributed by atoms with Crippen LogP contribution in [0, 0.1) is 29.8 Å². The molecule has 2 amide bonds. The third kappa shape index (κ3) is 10.00. The van der Waals surface area contributed by atoms with Gasteiger partial charge >= 0.3 is 11.9 Å². The van der Waals surface area contributed by atoms with Crippen molar-refractivity contribution in [3.8, 4) is 12.1 Å². The predicted molar refractivity (Wildman–Crippen MR) is 222 cm³/mol. The van der Waals surface area contributed by atoms with Gasteiger partial charge < -0.3 is 30.0 Å². The van der Waals surface area contributed by atoms with Gasteiger partial charge in [-0.25, -0.2) is 0 Å². The lowest BCUT2D eigenvalue weighted by atomic mass is 10.1. The van der Waals surface area contributed by atoms with E-state index >= 15 is 0 Å². The second-order valence-electron chi connectivity index (χ2n) is 11.5. The lowest BCUT2D eigenvalue weighted by Crippen LogP contribution is -2.13. The van der Waals surface area contributed by atoms with Crippen molar-refractivity contribution in [3.63, 3.8) is 0 Å². The predicted octanol–water partition coefficient (Wildman–Crippen LogP) is 7.75. The van der Waals surface area contributed by atoms with E-state index in [9.17, 15) is 29.7 Å². The molecule has 0 atom stereocenters. The number of para-hydroxylation sites is 2. The van der Waals surface area contributed by atoms with E-state index in [1.165, 1.54) is 12.2 Å². The van der Waals surface area contributed by atoms with Gasteiger partial charge in [0.1, 0.15) is 36.4 Å². The molecule has 4 N–H and O–H groups in total. The average molecular weight is 943 g/mol. The second-order valence-corrected chi connectivity index (χ2v) is 14.0. The van der Waals surface area contributed by atoms with Gasteiger partial charge in [0.2, 0.25) is 0 Å². The Hall–Kier alpha value is -6.24. The number of rotatable bonds is 10. The highest BCUT2D eigenvalue weighted by molar-refractivity contribution is 14.1. The zero-order chi connectivity index (χ0) is 38.8. The highest BCUT2D eigenvalue weighted by Crippen LogP contribution is 2.26. The molecule has 0 saturated carbocycles. The molecule has 14 heteroatoms. The lowest BCUT2D eigenvalue weighted by molar-refractivity contribution is -0.138. The molecule has 0 bridgehead atoms. The first-order chi connectivity index (χ1) is 25.9. The molecule has 268 valence electrons. The Kier molecular flexibility index (Phi) is 13.0. The van der Waals surface area contributed by atoms with Gasteiger partial charge in [-0.1, -0.05) is 42.5 Å². The molecule has 0 radical (unpaired) electrons. The number of hydrogen-bond donors (Lipinski definition) is 4. The van der Waals surface area contributed by atoms with E-state index in [1.54, 1.807) is 57.9 Å².